The number of carbonyl (C=O) groups excluding carboxylic acids is 2. The fraction of sp³-hybridized carbons (Fsp3) is 0.353. The Hall–Kier alpha value is -2.84. The summed E-state index contributed by atoms with van der Waals surface area (Å²) in [7, 11) is 3.24. The Bertz CT molecular complexity index is 813. The predicted molar refractivity (Wildman–Crippen MR) is 88.9 cm³/mol. The molecule has 2 rings (SSSR count). The Kier molecular flexibility index (Phi) is 5.69. The maximum absolute atomic E-state index is 12.9. The average molecular weight is 368 g/mol. The van der Waals surface area contributed by atoms with Crippen LogP contribution in [0.25, 0.3) is 5.69 Å². The van der Waals surface area contributed by atoms with Gasteiger partial charge in [0.15, 0.2) is 0 Å². The molecule has 1 N–H and O–H groups in total. The second-order valence-corrected chi connectivity index (χ2v) is 5.90. The number of carbonyl (C=O) groups is 2. The molecule has 0 atom stereocenters. The first-order valence-corrected chi connectivity index (χ1v) is 7.82. The third kappa shape index (κ3) is 4.41. The van der Waals surface area contributed by atoms with Crippen LogP contribution in [-0.2, 0) is 11.0 Å². The molecule has 1 aromatic carbocycles. The van der Waals surface area contributed by atoms with E-state index in [1.54, 1.807) is 21.0 Å². The van der Waals surface area contributed by atoms with Gasteiger partial charge >= 0.3 is 6.18 Å². The number of halogens is 3. The molecule has 0 aliphatic heterocycles. The number of hydrogen-bond donors (Lipinski definition) is 1. The molecule has 6 nitrogen and oxygen atoms in total. The molecular weight excluding hydrogens is 349 g/mol. The van der Waals surface area contributed by atoms with Gasteiger partial charge in [-0.25, -0.2) is 4.68 Å². The molecule has 140 valence electrons. The van der Waals surface area contributed by atoms with Gasteiger partial charge in [0.1, 0.15) is 0 Å². The number of nitrogens with one attached hydrogen (secondary N) is 1. The van der Waals surface area contributed by atoms with Gasteiger partial charge in [-0.1, -0.05) is 6.07 Å². The van der Waals surface area contributed by atoms with Crippen molar-refractivity contribution in [2.45, 2.75) is 19.5 Å². The Labute approximate surface area is 148 Å². The lowest BCUT2D eigenvalue weighted by Crippen LogP contribution is -2.30. The summed E-state index contributed by atoms with van der Waals surface area (Å²) in [5.41, 5.74) is 0.0535. The number of benzene rings is 1. The smallest absolute Gasteiger partial charge is 0.351 e. The lowest BCUT2D eigenvalue weighted by Gasteiger charge is -2.11. The van der Waals surface area contributed by atoms with E-state index in [0.29, 0.717) is 5.69 Å². The number of alkyl halides is 3. The third-order valence-corrected chi connectivity index (χ3v) is 3.80. The maximum Gasteiger partial charge on any atom is 0.416 e. The van der Waals surface area contributed by atoms with Crippen molar-refractivity contribution in [2.24, 2.45) is 0 Å². The number of hydrogen-bond acceptors (Lipinski definition) is 3. The van der Waals surface area contributed by atoms with Crippen LogP contribution in [0.5, 0.6) is 0 Å². The van der Waals surface area contributed by atoms with E-state index >= 15 is 0 Å². The van der Waals surface area contributed by atoms with Crippen molar-refractivity contribution >= 4 is 11.8 Å². The Morgan fingerprint density at radius 1 is 1.27 bits per heavy atom. The van der Waals surface area contributed by atoms with Crippen molar-refractivity contribution in [3.05, 3.63) is 47.3 Å². The van der Waals surface area contributed by atoms with Crippen LogP contribution in [0.2, 0.25) is 0 Å². The van der Waals surface area contributed by atoms with E-state index in [2.05, 4.69) is 10.4 Å². The van der Waals surface area contributed by atoms with E-state index in [1.807, 2.05) is 0 Å². The number of nitrogens with zero attached hydrogens (tertiary/aromatic N) is 3. The molecule has 1 heterocycles. The van der Waals surface area contributed by atoms with Gasteiger partial charge in [0.2, 0.25) is 5.91 Å². The minimum absolute atomic E-state index is 0.123. The Balaban J connectivity index is 2.15. The standard InChI is InChI=1S/C17H19F3N4O2/c1-11-14(16(26)21-8-7-15(25)23(2)3)10-22-24(11)13-6-4-5-12(9-13)17(18,19)20/h4-6,9-10H,7-8H2,1-3H3,(H,21,26). The van der Waals surface area contributed by atoms with Crippen molar-refractivity contribution in [1.29, 1.82) is 0 Å². The predicted octanol–water partition coefficient (Wildman–Crippen LogP) is 2.41. The minimum Gasteiger partial charge on any atom is -0.351 e. The summed E-state index contributed by atoms with van der Waals surface area (Å²) in [5.74, 6) is -0.561. The second-order valence-electron chi connectivity index (χ2n) is 5.90. The lowest BCUT2D eigenvalue weighted by molar-refractivity contribution is -0.137. The van der Waals surface area contributed by atoms with Gasteiger partial charge in [-0.15, -0.1) is 0 Å². The highest BCUT2D eigenvalue weighted by atomic mass is 19.4. The van der Waals surface area contributed by atoms with Gasteiger partial charge in [0, 0.05) is 27.1 Å². The molecule has 0 fully saturated rings. The van der Waals surface area contributed by atoms with Gasteiger partial charge in [-0.2, -0.15) is 18.3 Å². The van der Waals surface area contributed by atoms with Gasteiger partial charge in [0.25, 0.3) is 5.91 Å². The van der Waals surface area contributed by atoms with Crippen LogP contribution >= 0.6 is 0 Å². The zero-order chi connectivity index (χ0) is 19.5. The van der Waals surface area contributed by atoms with Gasteiger partial charge in [-0.05, 0) is 25.1 Å². The molecule has 2 amide bonds. The first-order valence-electron chi connectivity index (χ1n) is 7.82. The topological polar surface area (TPSA) is 67.2 Å². The van der Waals surface area contributed by atoms with Crippen molar-refractivity contribution < 1.29 is 22.8 Å². The average Bonchev–Trinajstić information content (AvgIpc) is 2.95. The van der Waals surface area contributed by atoms with Gasteiger partial charge in [-0.3, -0.25) is 9.59 Å². The highest BCUT2D eigenvalue weighted by Crippen LogP contribution is 2.30. The third-order valence-electron chi connectivity index (χ3n) is 3.80. The highest BCUT2D eigenvalue weighted by Gasteiger charge is 2.30. The van der Waals surface area contributed by atoms with Crippen LogP contribution in [0.3, 0.4) is 0 Å². The van der Waals surface area contributed by atoms with Crippen molar-refractivity contribution in [2.75, 3.05) is 20.6 Å². The zero-order valence-electron chi connectivity index (χ0n) is 14.6. The van der Waals surface area contributed by atoms with Crippen LogP contribution in [0.4, 0.5) is 13.2 Å². The molecule has 1 aromatic heterocycles. The highest BCUT2D eigenvalue weighted by molar-refractivity contribution is 5.95. The largest absolute Gasteiger partial charge is 0.416 e. The number of aromatic nitrogens is 2. The molecule has 0 radical (unpaired) electrons. The summed E-state index contributed by atoms with van der Waals surface area (Å²) in [6, 6.07) is 4.70. The first kappa shape index (κ1) is 19.5. The molecular formula is C17H19F3N4O2. The monoisotopic (exact) mass is 368 g/mol. The van der Waals surface area contributed by atoms with E-state index < -0.39 is 17.6 Å². The number of amides is 2. The number of rotatable bonds is 5. The summed E-state index contributed by atoms with van der Waals surface area (Å²) in [6.07, 6.45) is -3.02. The quantitative estimate of drug-likeness (QED) is 0.881. The van der Waals surface area contributed by atoms with Crippen molar-refractivity contribution in [3.63, 3.8) is 0 Å². The van der Waals surface area contributed by atoms with Crippen LogP contribution in [-0.4, -0.2) is 47.1 Å². The molecule has 0 saturated carbocycles. The molecule has 0 unspecified atom stereocenters. The van der Waals surface area contributed by atoms with E-state index in [1.165, 1.54) is 27.9 Å². The molecule has 0 spiro atoms. The maximum atomic E-state index is 12.9. The molecule has 0 bridgehead atoms. The van der Waals surface area contributed by atoms with Crippen LogP contribution in [0, 0.1) is 6.92 Å². The normalized spacial score (nSPS) is 11.3. The van der Waals surface area contributed by atoms with E-state index in [4.69, 9.17) is 0 Å². The SMILES string of the molecule is Cc1c(C(=O)NCCC(=O)N(C)C)cnn1-c1cccc(C(F)(F)F)c1. The summed E-state index contributed by atoms with van der Waals surface area (Å²) in [5, 5.41) is 6.62. The summed E-state index contributed by atoms with van der Waals surface area (Å²) < 4.78 is 39.8. The Morgan fingerprint density at radius 3 is 2.58 bits per heavy atom. The molecule has 0 aliphatic rings. The van der Waals surface area contributed by atoms with Crippen LogP contribution in [0.15, 0.2) is 30.5 Å². The molecule has 26 heavy (non-hydrogen) atoms. The van der Waals surface area contributed by atoms with Crippen molar-refractivity contribution in [3.8, 4) is 5.69 Å². The molecule has 2 aromatic rings. The van der Waals surface area contributed by atoms with Gasteiger partial charge < -0.3 is 10.2 Å². The fourth-order valence-electron chi connectivity index (χ4n) is 2.31. The van der Waals surface area contributed by atoms with Crippen LogP contribution in [0.1, 0.15) is 28.0 Å². The minimum atomic E-state index is -4.46. The summed E-state index contributed by atoms with van der Waals surface area (Å²) >= 11 is 0. The molecule has 0 aliphatic carbocycles. The summed E-state index contributed by atoms with van der Waals surface area (Å²) in [4.78, 5) is 25.1. The molecule has 0 saturated heterocycles. The van der Waals surface area contributed by atoms with Crippen LogP contribution < -0.4 is 5.32 Å². The Morgan fingerprint density at radius 2 is 1.96 bits per heavy atom. The van der Waals surface area contributed by atoms with E-state index in [0.717, 1.165) is 12.1 Å². The van der Waals surface area contributed by atoms with Gasteiger partial charge in [0.05, 0.1) is 28.7 Å². The fourth-order valence-corrected chi connectivity index (χ4v) is 2.31. The van der Waals surface area contributed by atoms with E-state index in [-0.39, 0.29) is 30.1 Å². The molecule has 9 heteroatoms. The van der Waals surface area contributed by atoms with Crippen molar-refractivity contribution in [1.82, 2.24) is 20.0 Å². The first-order chi connectivity index (χ1) is 12.1. The summed E-state index contributed by atoms with van der Waals surface area (Å²) in [6.45, 7) is 1.75. The second kappa shape index (κ2) is 7.59. The lowest BCUT2D eigenvalue weighted by atomic mass is 10.2. The zero-order valence-corrected chi connectivity index (χ0v) is 14.6. The van der Waals surface area contributed by atoms with E-state index in [9.17, 15) is 22.8 Å².